The summed E-state index contributed by atoms with van der Waals surface area (Å²) in [5, 5.41) is 0. The van der Waals surface area contributed by atoms with Gasteiger partial charge < -0.3 is 4.90 Å². The van der Waals surface area contributed by atoms with Crippen LogP contribution in [0, 0.1) is 0 Å². The first-order valence-corrected chi connectivity index (χ1v) is 13.3. The fraction of sp³-hybridized carbons (Fsp3) is 0.316. The first-order valence-electron chi connectivity index (χ1n) is 8.85. The van der Waals surface area contributed by atoms with Crippen molar-refractivity contribution in [1.29, 1.82) is 0 Å². The van der Waals surface area contributed by atoms with E-state index < -0.39 is 20.2 Å². The van der Waals surface area contributed by atoms with Crippen LogP contribution < -0.4 is 4.90 Å². The zero-order chi connectivity index (χ0) is 22.2. The van der Waals surface area contributed by atoms with Gasteiger partial charge in [-0.3, -0.25) is 13.4 Å². The molecule has 0 aliphatic heterocycles. The fourth-order valence-electron chi connectivity index (χ4n) is 2.44. The van der Waals surface area contributed by atoms with E-state index in [9.17, 15) is 16.8 Å². The quantitative estimate of drug-likeness (QED) is 0.332. The fourth-order valence-corrected chi connectivity index (χ4v) is 3.59. The molecule has 0 radical (unpaired) electrons. The van der Waals surface area contributed by atoms with Gasteiger partial charge >= 0.3 is 0 Å². The average Bonchev–Trinajstić information content (AvgIpc) is 2.64. The van der Waals surface area contributed by atoms with Crippen LogP contribution in [-0.2, 0) is 28.6 Å². The largest absolute Gasteiger partial charge is 0.367 e. The molecule has 0 saturated carbocycles. The Kier molecular flexibility index (Phi) is 8.98. The highest BCUT2D eigenvalue weighted by Gasteiger charge is 2.11. The van der Waals surface area contributed by atoms with Crippen LogP contribution in [0.15, 0.2) is 58.0 Å². The smallest absolute Gasteiger partial charge is 0.264 e. The van der Waals surface area contributed by atoms with E-state index >= 15 is 0 Å². The van der Waals surface area contributed by atoms with Gasteiger partial charge in [0.2, 0.25) is 0 Å². The summed E-state index contributed by atoms with van der Waals surface area (Å²) >= 11 is 3.40. The molecular formula is C19H23BrN2O6S2. The molecule has 0 heterocycles. The van der Waals surface area contributed by atoms with Crippen LogP contribution in [0.25, 0.3) is 0 Å². The SMILES string of the molecule is CS(=O)(=O)OCCN(CCOS(C)(=O)=O)c1ccc(C=Nc2cccc(Br)c2)cc1. The second-order valence-electron chi connectivity index (χ2n) is 6.37. The predicted molar refractivity (Wildman–Crippen MR) is 122 cm³/mol. The minimum Gasteiger partial charge on any atom is -0.367 e. The van der Waals surface area contributed by atoms with Crippen LogP contribution >= 0.6 is 15.9 Å². The van der Waals surface area contributed by atoms with Gasteiger partial charge in [0.1, 0.15) is 0 Å². The molecule has 0 aliphatic carbocycles. The first-order chi connectivity index (χ1) is 14.0. The van der Waals surface area contributed by atoms with Crippen molar-refractivity contribution < 1.29 is 25.2 Å². The van der Waals surface area contributed by atoms with E-state index in [1.807, 2.05) is 48.5 Å². The summed E-state index contributed by atoms with van der Waals surface area (Å²) < 4.78 is 55.3. The van der Waals surface area contributed by atoms with Crippen molar-refractivity contribution in [3.63, 3.8) is 0 Å². The van der Waals surface area contributed by atoms with Gasteiger partial charge in [-0.15, -0.1) is 0 Å². The molecule has 0 N–H and O–H groups in total. The Balaban J connectivity index is 2.07. The van der Waals surface area contributed by atoms with Crippen LogP contribution in [0.3, 0.4) is 0 Å². The lowest BCUT2D eigenvalue weighted by molar-refractivity contribution is 0.309. The molecule has 2 aromatic rings. The summed E-state index contributed by atoms with van der Waals surface area (Å²) in [5.74, 6) is 0. The number of aliphatic imine (C=N–C) groups is 1. The maximum atomic E-state index is 11.2. The molecule has 8 nitrogen and oxygen atoms in total. The van der Waals surface area contributed by atoms with Crippen molar-refractivity contribution in [1.82, 2.24) is 0 Å². The molecule has 30 heavy (non-hydrogen) atoms. The van der Waals surface area contributed by atoms with Gasteiger partial charge in [-0.25, -0.2) is 0 Å². The van der Waals surface area contributed by atoms with Gasteiger partial charge in [0.15, 0.2) is 0 Å². The zero-order valence-electron chi connectivity index (χ0n) is 16.6. The number of anilines is 1. The molecule has 2 aromatic carbocycles. The van der Waals surface area contributed by atoms with Crippen LogP contribution in [0.2, 0.25) is 0 Å². The van der Waals surface area contributed by atoms with E-state index in [1.165, 1.54) is 0 Å². The van der Waals surface area contributed by atoms with E-state index in [2.05, 4.69) is 20.9 Å². The van der Waals surface area contributed by atoms with Crippen molar-refractivity contribution in [3.8, 4) is 0 Å². The van der Waals surface area contributed by atoms with Gasteiger partial charge in [-0.2, -0.15) is 16.8 Å². The Hall–Kier alpha value is -1.79. The van der Waals surface area contributed by atoms with Gasteiger partial charge in [-0.05, 0) is 35.9 Å². The van der Waals surface area contributed by atoms with Gasteiger partial charge in [0.05, 0.1) is 31.4 Å². The summed E-state index contributed by atoms with van der Waals surface area (Å²) in [6, 6.07) is 15.0. The van der Waals surface area contributed by atoms with Crippen molar-refractivity contribution in [2.24, 2.45) is 4.99 Å². The molecule has 11 heteroatoms. The third-order valence-electron chi connectivity index (χ3n) is 3.75. The van der Waals surface area contributed by atoms with Gasteiger partial charge in [0.25, 0.3) is 20.2 Å². The van der Waals surface area contributed by atoms with E-state index in [0.29, 0.717) is 0 Å². The molecule has 0 amide bonds. The van der Waals surface area contributed by atoms with Crippen molar-refractivity contribution in [2.75, 3.05) is 43.7 Å². The van der Waals surface area contributed by atoms with Crippen LogP contribution in [0.1, 0.15) is 5.56 Å². The third kappa shape index (κ3) is 9.81. The van der Waals surface area contributed by atoms with Crippen LogP contribution in [-0.4, -0.2) is 61.9 Å². The normalized spacial score (nSPS) is 12.4. The summed E-state index contributed by atoms with van der Waals surface area (Å²) in [6.45, 7) is 0.352. The topological polar surface area (TPSA) is 102 Å². The summed E-state index contributed by atoms with van der Waals surface area (Å²) in [6.07, 6.45) is 3.68. The van der Waals surface area contributed by atoms with Crippen molar-refractivity contribution in [3.05, 3.63) is 58.6 Å². The Labute approximate surface area is 185 Å². The summed E-state index contributed by atoms with van der Waals surface area (Å²) in [5.41, 5.74) is 2.45. The predicted octanol–water partition coefficient (Wildman–Crippen LogP) is 2.96. The number of rotatable bonds is 11. The first kappa shape index (κ1) is 24.5. The number of hydrogen-bond acceptors (Lipinski definition) is 8. The van der Waals surface area contributed by atoms with E-state index in [1.54, 1.807) is 11.1 Å². The van der Waals surface area contributed by atoms with Gasteiger partial charge in [0, 0.05) is 29.5 Å². The van der Waals surface area contributed by atoms with Crippen LogP contribution in [0.5, 0.6) is 0 Å². The maximum absolute atomic E-state index is 11.2. The number of nitrogens with zero attached hydrogens (tertiary/aromatic N) is 2. The number of halogens is 1. The monoisotopic (exact) mass is 518 g/mol. The van der Waals surface area contributed by atoms with E-state index in [-0.39, 0.29) is 26.3 Å². The molecule has 0 bridgehead atoms. The highest BCUT2D eigenvalue weighted by molar-refractivity contribution is 9.10. The Bertz CT molecular complexity index is 1030. The average molecular weight is 519 g/mol. The minimum atomic E-state index is -3.56. The summed E-state index contributed by atoms with van der Waals surface area (Å²) in [4.78, 5) is 6.21. The molecule has 0 fully saturated rings. The molecule has 0 spiro atoms. The Morgan fingerprint density at radius 2 is 1.50 bits per heavy atom. The summed E-state index contributed by atoms with van der Waals surface area (Å²) in [7, 11) is -7.13. The molecule has 0 atom stereocenters. The minimum absolute atomic E-state index is 0.0657. The number of benzene rings is 2. The lowest BCUT2D eigenvalue weighted by atomic mass is 10.2. The van der Waals surface area contributed by atoms with Gasteiger partial charge in [-0.1, -0.05) is 34.1 Å². The Morgan fingerprint density at radius 1 is 0.933 bits per heavy atom. The van der Waals surface area contributed by atoms with E-state index in [0.717, 1.165) is 33.9 Å². The molecule has 2 rings (SSSR count). The highest BCUT2D eigenvalue weighted by Crippen LogP contribution is 2.19. The maximum Gasteiger partial charge on any atom is 0.264 e. The van der Waals surface area contributed by atoms with E-state index in [4.69, 9.17) is 8.37 Å². The standard InChI is InChI=1S/C19H23BrN2O6S2/c1-29(23,24)27-12-10-22(11-13-28-30(2,25)26)19-8-6-16(7-9-19)15-21-18-5-3-4-17(20)14-18/h3-9,14-15H,10-13H2,1-2H3. The molecular weight excluding hydrogens is 496 g/mol. The molecule has 164 valence electrons. The number of hydrogen-bond donors (Lipinski definition) is 0. The van der Waals surface area contributed by atoms with Crippen molar-refractivity contribution >= 4 is 53.8 Å². The second kappa shape index (κ2) is 11.0. The van der Waals surface area contributed by atoms with Crippen molar-refractivity contribution in [2.45, 2.75) is 0 Å². The lowest BCUT2D eigenvalue weighted by Crippen LogP contribution is -2.32. The van der Waals surface area contributed by atoms with Crippen LogP contribution in [0.4, 0.5) is 11.4 Å². The Morgan fingerprint density at radius 3 is 2.00 bits per heavy atom. The lowest BCUT2D eigenvalue weighted by Gasteiger charge is -2.24. The highest BCUT2D eigenvalue weighted by atomic mass is 79.9. The molecule has 0 aromatic heterocycles. The molecule has 0 aliphatic rings. The third-order valence-corrected chi connectivity index (χ3v) is 5.43. The molecule has 0 unspecified atom stereocenters. The molecule has 0 saturated heterocycles. The second-order valence-corrected chi connectivity index (χ2v) is 10.6. The zero-order valence-corrected chi connectivity index (χ0v) is 19.8.